The van der Waals surface area contributed by atoms with Gasteiger partial charge in [-0.3, -0.25) is 0 Å². The van der Waals surface area contributed by atoms with Crippen LogP contribution in [0.4, 0.5) is 0 Å². The van der Waals surface area contributed by atoms with E-state index in [2.05, 4.69) is 22.6 Å². The van der Waals surface area contributed by atoms with Crippen LogP contribution in [0.2, 0.25) is 0 Å². The summed E-state index contributed by atoms with van der Waals surface area (Å²) in [6, 6.07) is 4.53. The van der Waals surface area contributed by atoms with E-state index in [0.29, 0.717) is 6.04 Å². The lowest BCUT2D eigenvalue weighted by Gasteiger charge is -2.28. The van der Waals surface area contributed by atoms with Crippen molar-refractivity contribution in [2.24, 2.45) is 0 Å². The number of nitrogens with one attached hydrogen (secondary N) is 1. The third kappa shape index (κ3) is 3.06. The van der Waals surface area contributed by atoms with Crippen LogP contribution in [0.15, 0.2) is 16.7 Å². The van der Waals surface area contributed by atoms with Crippen LogP contribution in [-0.2, 0) is 12.8 Å². The second-order valence-corrected chi connectivity index (χ2v) is 6.00. The van der Waals surface area contributed by atoms with Gasteiger partial charge < -0.3 is 19.3 Å². The van der Waals surface area contributed by atoms with Crippen molar-refractivity contribution in [2.75, 3.05) is 20.8 Å². The van der Waals surface area contributed by atoms with E-state index in [1.165, 1.54) is 16.7 Å². The average Bonchev–Trinajstić information content (AvgIpc) is 2.89. The molecule has 1 aromatic heterocycles. The first-order valence-electron chi connectivity index (χ1n) is 8.04. The standard InChI is InChI=1S/C18H24N2O3/c1-11-14(12(2)23-20-11)5-6-16-15-10-18(22-4)17(21-3)9-13(15)7-8-19-16/h9-10,16,19H,5-8H2,1-4H3. The zero-order valence-electron chi connectivity index (χ0n) is 14.2. The maximum absolute atomic E-state index is 5.46. The molecule has 1 aliphatic heterocycles. The number of nitrogens with zero attached hydrogens (tertiary/aromatic N) is 1. The van der Waals surface area contributed by atoms with Crippen molar-refractivity contribution >= 4 is 0 Å². The zero-order valence-corrected chi connectivity index (χ0v) is 14.2. The number of benzene rings is 1. The summed E-state index contributed by atoms with van der Waals surface area (Å²) in [5.41, 5.74) is 4.86. The number of methoxy groups -OCH3 is 2. The highest BCUT2D eigenvalue weighted by atomic mass is 16.5. The van der Waals surface area contributed by atoms with Crippen molar-refractivity contribution in [3.8, 4) is 11.5 Å². The van der Waals surface area contributed by atoms with Crippen molar-refractivity contribution in [3.63, 3.8) is 0 Å². The molecule has 0 bridgehead atoms. The number of rotatable bonds is 5. The predicted molar refractivity (Wildman–Crippen MR) is 88.3 cm³/mol. The van der Waals surface area contributed by atoms with Gasteiger partial charge in [-0.2, -0.15) is 0 Å². The molecule has 2 aromatic rings. The van der Waals surface area contributed by atoms with E-state index in [9.17, 15) is 0 Å². The van der Waals surface area contributed by atoms with Gasteiger partial charge in [0.15, 0.2) is 11.5 Å². The smallest absolute Gasteiger partial charge is 0.161 e. The van der Waals surface area contributed by atoms with Crippen LogP contribution in [0.5, 0.6) is 11.5 Å². The molecule has 0 saturated carbocycles. The monoisotopic (exact) mass is 316 g/mol. The molecule has 0 amide bonds. The predicted octanol–water partition coefficient (Wildman–Crippen LogP) is 3.13. The first-order valence-corrected chi connectivity index (χ1v) is 8.04. The molecule has 1 N–H and O–H groups in total. The lowest BCUT2D eigenvalue weighted by Crippen LogP contribution is -2.30. The molecule has 1 unspecified atom stereocenters. The quantitative estimate of drug-likeness (QED) is 0.918. The summed E-state index contributed by atoms with van der Waals surface area (Å²) in [7, 11) is 3.36. The molecule has 0 aliphatic carbocycles. The second kappa shape index (κ2) is 6.62. The van der Waals surface area contributed by atoms with Crippen LogP contribution in [0.25, 0.3) is 0 Å². The van der Waals surface area contributed by atoms with Gasteiger partial charge in [0.25, 0.3) is 0 Å². The third-order valence-electron chi connectivity index (χ3n) is 4.67. The minimum atomic E-state index is 0.312. The molecule has 0 radical (unpaired) electrons. The number of hydrogen-bond donors (Lipinski definition) is 1. The average molecular weight is 316 g/mol. The lowest BCUT2D eigenvalue weighted by atomic mass is 9.90. The maximum Gasteiger partial charge on any atom is 0.161 e. The van der Waals surface area contributed by atoms with Crippen LogP contribution < -0.4 is 14.8 Å². The Balaban J connectivity index is 1.83. The zero-order chi connectivity index (χ0) is 16.4. The van der Waals surface area contributed by atoms with Crippen LogP contribution in [0.1, 0.15) is 40.6 Å². The van der Waals surface area contributed by atoms with E-state index in [1.54, 1.807) is 14.2 Å². The molecular weight excluding hydrogens is 292 g/mol. The molecule has 124 valence electrons. The molecule has 0 saturated heterocycles. The topological polar surface area (TPSA) is 56.5 Å². The fourth-order valence-corrected chi connectivity index (χ4v) is 3.37. The number of hydrogen-bond acceptors (Lipinski definition) is 5. The molecule has 23 heavy (non-hydrogen) atoms. The van der Waals surface area contributed by atoms with E-state index in [1.807, 2.05) is 13.8 Å². The molecule has 5 nitrogen and oxygen atoms in total. The van der Waals surface area contributed by atoms with Crippen molar-refractivity contribution in [1.29, 1.82) is 0 Å². The molecule has 5 heteroatoms. The maximum atomic E-state index is 5.46. The van der Waals surface area contributed by atoms with Gasteiger partial charge in [0.1, 0.15) is 5.76 Å². The van der Waals surface area contributed by atoms with Crippen LogP contribution in [-0.4, -0.2) is 25.9 Å². The Hall–Kier alpha value is -2.01. The van der Waals surface area contributed by atoms with Crippen molar-refractivity contribution < 1.29 is 14.0 Å². The van der Waals surface area contributed by atoms with Gasteiger partial charge in [-0.25, -0.2) is 0 Å². The summed E-state index contributed by atoms with van der Waals surface area (Å²) < 4.78 is 16.1. The van der Waals surface area contributed by atoms with Crippen LogP contribution in [0, 0.1) is 13.8 Å². The van der Waals surface area contributed by atoms with Gasteiger partial charge in [-0.05, 0) is 62.9 Å². The van der Waals surface area contributed by atoms with Crippen molar-refractivity contribution in [2.45, 2.75) is 39.2 Å². The Kier molecular flexibility index (Phi) is 4.57. The summed E-state index contributed by atoms with van der Waals surface area (Å²) >= 11 is 0. The van der Waals surface area contributed by atoms with Crippen molar-refractivity contribution in [1.82, 2.24) is 10.5 Å². The van der Waals surface area contributed by atoms with Gasteiger partial charge in [-0.15, -0.1) is 0 Å². The van der Waals surface area contributed by atoms with Gasteiger partial charge in [-0.1, -0.05) is 5.16 Å². The normalized spacial score (nSPS) is 17.0. The van der Waals surface area contributed by atoms with Gasteiger partial charge in [0.05, 0.1) is 19.9 Å². The molecular formula is C18H24N2O3. The molecule has 1 atom stereocenters. The van der Waals surface area contributed by atoms with E-state index in [4.69, 9.17) is 14.0 Å². The highest BCUT2D eigenvalue weighted by Crippen LogP contribution is 2.36. The minimum Gasteiger partial charge on any atom is -0.493 e. The Morgan fingerprint density at radius 1 is 1.22 bits per heavy atom. The summed E-state index contributed by atoms with van der Waals surface area (Å²) in [6.07, 6.45) is 2.97. The highest BCUT2D eigenvalue weighted by molar-refractivity contribution is 5.49. The molecule has 3 rings (SSSR count). The summed E-state index contributed by atoms with van der Waals surface area (Å²) in [5.74, 6) is 2.51. The Morgan fingerprint density at radius 3 is 2.61 bits per heavy atom. The van der Waals surface area contributed by atoms with E-state index >= 15 is 0 Å². The van der Waals surface area contributed by atoms with E-state index in [-0.39, 0.29) is 0 Å². The minimum absolute atomic E-state index is 0.312. The molecule has 1 aromatic carbocycles. The summed E-state index contributed by atoms with van der Waals surface area (Å²) in [5, 5.41) is 7.66. The first kappa shape index (κ1) is 15.9. The van der Waals surface area contributed by atoms with E-state index in [0.717, 1.165) is 48.8 Å². The highest BCUT2D eigenvalue weighted by Gasteiger charge is 2.23. The third-order valence-corrected chi connectivity index (χ3v) is 4.67. The number of aromatic nitrogens is 1. The van der Waals surface area contributed by atoms with Crippen molar-refractivity contribution in [3.05, 3.63) is 40.3 Å². The summed E-state index contributed by atoms with van der Waals surface area (Å²) in [6.45, 7) is 4.96. The first-order chi connectivity index (χ1) is 11.1. The molecule has 1 aliphatic rings. The molecule has 2 heterocycles. The van der Waals surface area contributed by atoms with Gasteiger partial charge in [0.2, 0.25) is 0 Å². The lowest BCUT2D eigenvalue weighted by molar-refractivity contribution is 0.351. The Morgan fingerprint density at radius 2 is 1.96 bits per heavy atom. The van der Waals surface area contributed by atoms with Crippen LogP contribution >= 0.6 is 0 Å². The Labute approximate surface area is 137 Å². The SMILES string of the molecule is COc1cc2c(cc1OC)C(CCc1c(C)noc1C)NCC2. The summed E-state index contributed by atoms with van der Waals surface area (Å²) in [4.78, 5) is 0. The fourth-order valence-electron chi connectivity index (χ4n) is 3.37. The molecule has 0 spiro atoms. The Bertz CT molecular complexity index is 674. The second-order valence-electron chi connectivity index (χ2n) is 6.00. The number of ether oxygens (including phenoxy) is 2. The molecule has 0 fully saturated rings. The van der Waals surface area contributed by atoms with Crippen LogP contribution in [0.3, 0.4) is 0 Å². The fraction of sp³-hybridized carbons (Fsp3) is 0.500. The largest absolute Gasteiger partial charge is 0.493 e. The van der Waals surface area contributed by atoms with Gasteiger partial charge in [0, 0.05) is 11.6 Å². The number of aryl methyl sites for hydroxylation is 2. The van der Waals surface area contributed by atoms with Gasteiger partial charge >= 0.3 is 0 Å². The number of fused-ring (bicyclic) bond motifs is 1. The van der Waals surface area contributed by atoms with E-state index < -0.39 is 0 Å².